The normalized spacial score (nSPS) is 37.0. The minimum Gasteiger partial charge on any atom is -0.431 e. The number of hydrogen-bond donors (Lipinski definition) is 0. The lowest BCUT2D eigenvalue weighted by Gasteiger charge is -2.58. The van der Waals surface area contributed by atoms with Crippen molar-refractivity contribution in [1.29, 1.82) is 0 Å². The fourth-order valence-corrected chi connectivity index (χ4v) is 9.64. The van der Waals surface area contributed by atoms with Crippen molar-refractivity contribution in [3.63, 3.8) is 0 Å². The van der Waals surface area contributed by atoms with Gasteiger partial charge < -0.3 is 9.47 Å². The largest absolute Gasteiger partial charge is 0.508 e. The summed E-state index contributed by atoms with van der Waals surface area (Å²) >= 11 is 0. The molecule has 0 radical (unpaired) electrons. The lowest BCUT2D eigenvalue weighted by Crippen LogP contribution is -2.51. The third kappa shape index (κ3) is 5.46. The molecule has 0 amide bonds. The van der Waals surface area contributed by atoms with Crippen LogP contribution >= 0.6 is 0 Å². The Labute approximate surface area is 232 Å². The summed E-state index contributed by atoms with van der Waals surface area (Å²) in [5.41, 5.74) is 3.36. The lowest BCUT2D eigenvalue weighted by molar-refractivity contribution is -0.0620. The zero-order valence-corrected chi connectivity index (χ0v) is 24.7. The molecule has 5 rings (SSSR count). The van der Waals surface area contributed by atoms with Gasteiger partial charge in [0, 0.05) is 6.42 Å². The maximum Gasteiger partial charge on any atom is 0.508 e. The average Bonchev–Trinajstić information content (AvgIpc) is 3.25. The molecule has 3 nitrogen and oxygen atoms in total. The number of ether oxygens (including phenoxy) is 2. The van der Waals surface area contributed by atoms with Crippen LogP contribution in [0.25, 0.3) is 0 Å². The molecule has 0 aromatic heterocycles. The van der Waals surface area contributed by atoms with Crippen LogP contribution in [0.1, 0.15) is 111 Å². The molecule has 0 saturated heterocycles. The standard InChI is InChI=1S/C35H52O3/c1-24(2)10-9-11-25(3)30-16-17-31-29-15-14-27-22-28(38-33(36)37-23-26-12-7-6-8-13-26)18-20-34(27,4)32(29)19-21-35(30,31)5/h6-8,12-14,24-25,28-32H,9-11,15-23H2,1-5H3/t25-,28+,29-,30+,31-,32-,34-,35+/m0/s1. The van der Waals surface area contributed by atoms with E-state index in [2.05, 4.69) is 40.7 Å². The summed E-state index contributed by atoms with van der Waals surface area (Å²) in [7, 11) is 0. The van der Waals surface area contributed by atoms with Crippen LogP contribution in [0.5, 0.6) is 0 Å². The minimum absolute atomic E-state index is 0.0504. The second-order valence-corrected chi connectivity index (χ2v) is 14.3. The maximum absolute atomic E-state index is 12.4. The van der Waals surface area contributed by atoms with E-state index in [0.717, 1.165) is 60.3 Å². The summed E-state index contributed by atoms with van der Waals surface area (Å²) in [5.74, 6) is 5.11. The summed E-state index contributed by atoms with van der Waals surface area (Å²) in [6, 6.07) is 9.83. The fourth-order valence-electron chi connectivity index (χ4n) is 9.64. The Morgan fingerprint density at radius 1 is 0.974 bits per heavy atom. The van der Waals surface area contributed by atoms with Crippen molar-refractivity contribution < 1.29 is 14.3 Å². The molecule has 4 aliphatic carbocycles. The first-order valence-corrected chi connectivity index (χ1v) is 15.8. The quantitative estimate of drug-likeness (QED) is 0.253. The molecule has 0 unspecified atom stereocenters. The van der Waals surface area contributed by atoms with Gasteiger partial charge in [-0.15, -0.1) is 0 Å². The molecule has 0 aliphatic heterocycles. The molecule has 1 aromatic rings. The Bertz CT molecular complexity index is 982. The van der Waals surface area contributed by atoms with Crippen molar-refractivity contribution in [2.45, 2.75) is 118 Å². The van der Waals surface area contributed by atoms with E-state index in [0.29, 0.717) is 5.41 Å². The summed E-state index contributed by atoms with van der Waals surface area (Å²) in [6.07, 6.45) is 16.1. The molecule has 0 spiro atoms. The zero-order valence-electron chi connectivity index (χ0n) is 24.7. The third-order valence-electron chi connectivity index (χ3n) is 11.7. The van der Waals surface area contributed by atoms with Crippen molar-refractivity contribution in [2.75, 3.05) is 0 Å². The van der Waals surface area contributed by atoms with Gasteiger partial charge in [-0.3, -0.25) is 0 Å². The third-order valence-corrected chi connectivity index (χ3v) is 11.7. The van der Waals surface area contributed by atoms with Crippen LogP contribution in [0.3, 0.4) is 0 Å². The lowest BCUT2D eigenvalue weighted by atomic mass is 9.47. The number of hydrogen-bond acceptors (Lipinski definition) is 3. The Morgan fingerprint density at radius 3 is 2.53 bits per heavy atom. The second kappa shape index (κ2) is 11.4. The van der Waals surface area contributed by atoms with Crippen LogP contribution in [0, 0.1) is 46.3 Å². The first-order valence-electron chi connectivity index (χ1n) is 15.8. The first kappa shape index (κ1) is 27.8. The van der Waals surface area contributed by atoms with Gasteiger partial charge >= 0.3 is 6.16 Å². The number of carbonyl (C=O) groups excluding carboxylic acids is 1. The summed E-state index contributed by atoms with van der Waals surface area (Å²) < 4.78 is 11.2. The van der Waals surface area contributed by atoms with Crippen LogP contribution < -0.4 is 0 Å². The molecule has 1 aromatic carbocycles. The molecule has 4 aliphatic rings. The van der Waals surface area contributed by atoms with Crippen LogP contribution in [0.4, 0.5) is 4.79 Å². The van der Waals surface area contributed by atoms with Gasteiger partial charge in [0.1, 0.15) is 12.7 Å². The minimum atomic E-state index is -0.523. The van der Waals surface area contributed by atoms with Gasteiger partial charge in [0.15, 0.2) is 0 Å². The monoisotopic (exact) mass is 520 g/mol. The highest BCUT2D eigenvalue weighted by molar-refractivity contribution is 5.60. The fraction of sp³-hybridized carbons (Fsp3) is 0.743. The van der Waals surface area contributed by atoms with E-state index in [-0.39, 0.29) is 18.1 Å². The van der Waals surface area contributed by atoms with Crippen molar-refractivity contribution >= 4 is 6.16 Å². The molecule has 210 valence electrons. The topological polar surface area (TPSA) is 35.5 Å². The number of carbonyl (C=O) groups is 1. The van der Waals surface area contributed by atoms with Crippen molar-refractivity contribution in [3.05, 3.63) is 47.5 Å². The van der Waals surface area contributed by atoms with Crippen LogP contribution in [-0.2, 0) is 16.1 Å². The van der Waals surface area contributed by atoms with E-state index in [4.69, 9.17) is 9.47 Å². The van der Waals surface area contributed by atoms with Gasteiger partial charge in [0.25, 0.3) is 0 Å². The highest BCUT2D eigenvalue weighted by Gasteiger charge is 2.59. The molecule has 0 heterocycles. The predicted molar refractivity (Wildman–Crippen MR) is 155 cm³/mol. The number of fused-ring (bicyclic) bond motifs is 5. The van der Waals surface area contributed by atoms with Gasteiger partial charge in [0.2, 0.25) is 0 Å². The Hall–Kier alpha value is -1.77. The Kier molecular flexibility index (Phi) is 8.32. The van der Waals surface area contributed by atoms with E-state index in [1.165, 1.54) is 51.4 Å². The van der Waals surface area contributed by atoms with Crippen LogP contribution in [0.2, 0.25) is 0 Å². The van der Waals surface area contributed by atoms with Gasteiger partial charge in [-0.1, -0.05) is 95.9 Å². The zero-order chi connectivity index (χ0) is 26.9. The molecule has 3 heteroatoms. The van der Waals surface area contributed by atoms with Crippen LogP contribution in [0.15, 0.2) is 42.0 Å². The molecular formula is C35H52O3. The summed E-state index contributed by atoms with van der Waals surface area (Å²) in [5, 5.41) is 0. The first-order chi connectivity index (χ1) is 18.2. The molecule has 38 heavy (non-hydrogen) atoms. The number of rotatable bonds is 8. The SMILES string of the molecule is CC(C)CCC[C@H](C)[C@H]1CC[C@H]2[C@@H]3CC=C4C[C@H](OC(=O)OCc5ccccc5)CC[C@]4(C)[C@H]3CC[C@]12C. The van der Waals surface area contributed by atoms with E-state index >= 15 is 0 Å². The van der Waals surface area contributed by atoms with Gasteiger partial charge in [-0.25, -0.2) is 4.79 Å². The smallest absolute Gasteiger partial charge is 0.431 e. The van der Waals surface area contributed by atoms with Gasteiger partial charge in [0.05, 0.1) is 0 Å². The highest BCUT2D eigenvalue weighted by Crippen LogP contribution is 2.67. The van der Waals surface area contributed by atoms with Crippen molar-refractivity contribution in [3.8, 4) is 0 Å². The van der Waals surface area contributed by atoms with E-state index in [9.17, 15) is 4.79 Å². The molecular weight excluding hydrogens is 468 g/mol. The Balaban J connectivity index is 1.19. The van der Waals surface area contributed by atoms with Gasteiger partial charge in [-0.2, -0.15) is 0 Å². The predicted octanol–water partition coefficient (Wildman–Crippen LogP) is 9.75. The highest BCUT2D eigenvalue weighted by atomic mass is 16.7. The molecule has 0 bridgehead atoms. The molecule has 3 saturated carbocycles. The van der Waals surface area contributed by atoms with Crippen molar-refractivity contribution in [1.82, 2.24) is 0 Å². The summed E-state index contributed by atoms with van der Waals surface area (Å²) in [6.45, 7) is 12.8. The van der Waals surface area contributed by atoms with Crippen molar-refractivity contribution in [2.24, 2.45) is 46.3 Å². The molecule has 0 N–H and O–H groups in total. The van der Waals surface area contributed by atoms with Gasteiger partial charge in [-0.05, 0) is 96.8 Å². The summed E-state index contributed by atoms with van der Waals surface area (Å²) in [4.78, 5) is 12.4. The number of benzene rings is 1. The average molecular weight is 521 g/mol. The Morgan fingerprint density at radius 2 is 1.76 bits per heavy atom. The van der Waals surface area contributed by atoms with E-state index in [1.54, 1.807) is 5.57 Å². The second-order valence-electron chi connectivity index (χ2n) is 14.3. The molecule has 3 fully saturated rings. The van der Waals surface area contributed by atoms with E-state index in [1.807, 2.05) is 30.3 Å². The molecule has 8 atom stereocenters. The maximum atomic E-state index is 12.4. The van der Waals surface area contributed by atoms with Crippen LogP contribution in [-0.4, -0.2) is 12.3 Å². The van der Waals surface area contributed by atoms with E-state index < -0.39 is 6.16 Å². The number of allylic oxidation sites excluding steroid dienone is 1.